The molecular formula is C19H25Cl2N3O2. The van der Waals surface area contributed by atoms with Gasteiger partial charge in [0.05, 0.1) is 15.6 Å². The molecule has 5 nitrogen and oxygen atoms in total. The lowest BCUT2D eigenvalue weighted by atomic mass is 9.67. The SMILES string of the molecule is CC(NC(=O)c1cccc(Cl)c1Cl)C(=O)NC1C2CCCC1CC(N)C2. The smallest absolute Gasteiger partial charge is 0.253 e. The average Bonchev–Trinajstić information content (AvgIpc) is 2.57. The summed E-state index contributed by atoms with van der Waals surface area (Å²) in [5.74, 6) is 0.290. The molecule has 7 heteroatoms. The van der Waals surface area contributed by atoms with Crippen LogP contribution in [0.1, 0.15) is 49.4 Å². The van der Waals surface area contributed by atoms with Crippen molar-refractivity contribution in [3.63, 3.8) is 0 Å². The Labute approximate surface area is 164 Å². The molecule has 0 aromatic heterocycles. The van der Waals surface area contributed by atoms with Gasteiger partial charge in [0, 0.05) is 12.1 Å². The number of benzene rings is 1. The number of hydrogen-bond acceptors (Lipinski definition) is 3. The van der Waals surface area contributed by atoms with Gasteiger partial charge in [-0.2, -0.15) is 0 Å². The van der Waals surface area contributed by atoms with E-state index in [4.69, 9.17) is 28.9 Å². The van der Waals surface area contributed by atoms with Gasteiger partial charge in [-0.15, -0.1) is 0 Å². The number of carbonyl (C=O) groups excluding carboxylic acids is 2. The number of nitrogens with two attached hydrogens (primary N) is 1. The summed E-state index contributed by atoms with van der Waals surface area (Å²) >= 11 is 12.0. The fourth-order valence-corrected chi connectivity index (χ4v) is 4.72. The molecule has 2 aliphatic rings. The van der Waals surface area contributed by atoms with Crippen LogP contribution in [0.3, 0.4) is 0 Å². The predicted octanol–water partition coefficient (Wildman–Crippen LogP) is 3.13. The first kappa shape index (κ1) is 19.5. The highest BCUT2D eigenvalue weighted by atomic mass is 35.5. The van der Waals surface area contributed by atoms with Gasteiger partial charge in [0.1, 0.15) is 6.04 Å². The molecule has 3 atom stereocenters. The van der Waals surface area contributed by atoms with Gasteiger partial charge >= 0.3 is 0 Å². The first-order chi connectivity index (χ1) is 12.4. The molecule has 1 aromatic rings. The second kappa shape index (κ2) is 8.15. The molecule has 0 spiro atoms. The molecule has 2 bridgehead atoms. The van der Waals surface area contributed by atoms with Crippen LogP contribution in [0.25, 0.3) is 0 Å². The van der Waals surface area contributed by atoms with Gasteiger partial charge in [0.15, 0.2) is 0 Å². The predicted molar refractivity (Wildman–Crippen MR) is 103 cm³/mol. The Bertz CT molecular complexity index is 683. The topological polar surface area (TPSA) is 84.2 Å². The Morgan fingerprint density at radius 1 is 1.19 bits per heavy atom. The van der Waals surface area contributed by atoms with Crippen LogP contribution in [0, 0.1) is 11.8 Å². The number of nitrogens with one attached hydrogen (secondary N) is 2. The van der Waals surface area contributed by atoms with Crippen molar-refractivity contribution in [3.8, 4) is 0 Å². The maximum absolute atomic E-state index is 12.6. The number of rotatable bonds is 4. The van der Waals surface area contributed by atoms with Gasteiger partial charge in [-0.1, -0.05) is 35.7 Å². The standard InChI is InChI=1S/C19H25Cl2N3O2/c1-10(23-19(26)14-6-3-7-15(20)16(14)21)18(25)24-17-11-4-2-5-12(17)9-13(22)8-11/h3,6-7,10-13,17H,2,4-5,8-9,22H2,1H3,(H,23,26)(H,24,25). The first-order valence-corrected chi connectivity index (χ1v) is 9.93. The van der Waals surface area contributed by atoms with Crippen LogP contribution in [0.5, 0.6) is 0 Å². The maximum atomic E-state index is 12.6. The molecule has 2 aliphatic carbocycles. The summed E-state index contributed by atoms with van der Waals surface area (Å²) < 4.78 is 0. The van der Waals surface area contributed by atoms with E-state index >= 15 is 0 Å². The van der Waals surface area contributed by atoms with Crippen LogP contribution < -0.4 is 16.4 Å². The zero-order chi connectivity index (χ0) is 18.8. The molecule has 3 rings (SSSR count). The van der Waals surface area contributed by atoms with Crippen LogP contribution in [0.2, 0.25) is 10.0 Å². The van der Waals surface area contributed by atoms with Crippen LogP contribution in [-0.4, -0.2) is 29.9 Å². The lowest BCUT2D eigenvalue weighted by molar-refractivity contribution is -0.124. The normalized spacial score (nSPS) is 28.9. The van der Waals surface area contributed by atoms with Crippen LogP contribution in [-0.2, 0) is 4.79 Å². The minimum Gasteiger partial charge on any atom is -0.351 e. The van der Waals surface area contributed by atoms with Crippen LogP contribution in [0.4, 0.5) is 0 Å². The number of halogens is 2. The summed E-state index contributed by atoms with van der Waals surface area (Å²) in [7, 11) is 0. The summed E-state index contributed by atoms with van der Waals surface area (Å²) in [6.07, 6.45) is 5.33. The summed E-state index contributed by atoms with van der Waals surface area (Å²) in [5.41, 5.74) is 6.40. The van der Waals surface area contributed by atoms with Crippen molar-refractivity contribution in [1.82, 2.24) is 10.6 Å². The zero-order valence-electron chi connectivity index (χ0n) is 14.8. The molecular weight excluding hydrogens is 373 g/mol. The Hall–Kier alpha value is -1.30. The van der Waals surface area contributed by atoms with Gasteiger partial charge in [-0.25, -0.2) is 0 Å². The summed E-state index contributed by atoms with van der Waals surface area (Å²) in [6.45, 7) is 1.68. The van der Waals surface area contributed by atoms with Gasteiger partial charge in [-0.3, -0.25) is 9.59 Å². The van der Waals surface area contributed by atoms with E-state index in [0.717, 1.165) is 25.7 Å². The molecule has 26 heavy (non-hydrogen) atoms. The van der Waals surface area contributed by atoms with Crippen LogP contribution in [0.15, 0.2) is 18.2 Å². The molecule has 2 fully saturated rings. The van der Waals surface area contributed by atoms with E-state index in [2.05, 4.69) is 10.6 Å². The molecule has 2 amide bonds. The van der Waals surface area contributed by atoms with Crippen molar-refractivity contribution >= 4 is 35.0 Å². The Morgan fingerprint density at radius 3 is 2.50 bits per heavy atom. The highest BCUT2D eigenvalue weighted by molar-refractivity contribution is 6.43. The van der Waals surface area contributed by atoms with Crippen molar-refractivity contribution < 1.29 is 9.59 Å². The van der Waals surface area contributed by atoms with Gasteiger partial charge in [0.2, 0.25) is 5.91 Å². The number of amides is 2. The molecule has 3 unspecified atom stereocenters. The summed E-state index contributed by atoms with van der Waals surface area (Å²) in [5, 5.41) is 6.36. The summed E-state index contributed by atoms with van der Waals surface area (Å²) in [4.78, 5) is 25.0. The molecule has 1 aromatic carbocycles. The molecule has 0 heterocycles. The average molecular weight is 398 g/mol. The number of carbonyl (C=O) groups is 2. The van der Waals surface area contributed by atoms with E-state index in [9.17, 15) is 9.59 Å². The van der Waals surface area contributed by atoms with Crippen LogP contribution >= 0.6 is 23.2 Å². The summed E-state index contributed by atoms with van der Waals surface area (Å²) in [6, 6.07) is 4.59. The lowest BCUT2D eigenvalue weighted by Crippen LogP contribution is -2.57. The van der Waals surface area contributed by atoms with E-state index in [1.165, 1.54) is 6.42 Å². The fraction of sp³-hybridized carbons (Fsp3) is 0.579. The van der Waals surface area contributed by atoms with E-state index < -0.39 is 11.9 Å². The highest BCUT2D eigenvalue weighted by Crippen LogP contribution is 2.39. The third-order valence-electron chi connectivity index (χ3n) is 5.62. The van der Waals surface area contributed by atoms with E-state index in [1.54, 1.807) is 25.1 Å². The number of hydrogen-bond donors (Lipinski definition) is 3. The molecule has 0 radical (unpaired) electrons. The largest absolute Gasteiger partial charge is 0.351 e. The minimum absolute atomic E-state index is 0.158. The quantitative estimate of drug-likeness (QED) is 0.729. The van der Waals surface area contributed by atoms with Gasteiger partial charge in [-0.05, 0) is 56.6 Å². The van der Waals surface area contributed by atoms with E-state index in [0.29, 0.717) is 16.9 Å². The van der Waals surface area contributed by atoms with Crippen molar-refractivity contribution in [2.24, 2.45) is 17.6 Å². The fourth-order valence-electron chi connectivity index (χ4n) is 4.33. The Balaban J connectivity index is 1.61. The molecule has 2 saturated carbocycles. The maximum Gasteiger partial charge on any atom is 0.253 e. The highest BCUT2D eigenvalue weighted by Gasteiger charge is 2.40. The molecule has 4 N–H and O–H groups in total. The minimum atomic E-state index is -0.658. The van der Waals surface area contributed by atoms with E-state index in [-0.39, 0.29) is 28.6 Å². The third-order valence-corrected chi connectivity index (χ3v) is 6.44. The Kier molecular flexibility index (Phi) is 6.10. The van der Waals surface area contributed by atoms with Crippen molar-refractivity contribution in [2.75, 3.05) is 0 Å². The Morgan fingerprint density at radius 2 is 1.85 bits per heavy atom. The monoisotopic (exact) mass is 397 g/mol. The third kappa shape index (κ3) is 4.16. The van der Waals surface area contributed by atoms with E-state index in [1.807, 2.05) is 0 Å². The molecule has 142 valence electrons. The van der Waals surface area contributed by atoms with Crippen molar-refractivity contribution in [1.29, 1.82) is 0 Å². The second-order valence-electron chi connectivity index (χ2n) is 7.51. The zero-order valence-corrected chi connectivity index (χ0v) is 16.3. The molecule has 0 aliphatic heterocycles. The first-order valence-electron chi connectivity index (χ1n) is 9.17. The van der Waals surface area contributed by atoms with Crippen molar-refractivity contribution in [3.05, 3.63) is 33.8 Å². The van der Waals surface area contributed by atoms with Crippen molar-refractivity contribution in [2.45, 2.75) is 57.2 Å². The van der Waals surface area contributed by atoms with Gasteiger partial charge in [0.25, 0.3) is 5.91 Å². The molecule has 0 saturated heterocycles. The van der Waals surface area contributed by atoms with Gasteiger partial charge < -0.3 is 16.4 Å². The second-order valence-corrected chi connectivity index (χ2v) is 8.30. The number of fused-ring (bicyclic) bond motifs is 2. The lowest BCUT2D eigenvalue weighted by Gasteiger charge is -2.45.